The SMILES string of the molecule is CCCNC(CCC1CCCC1)CC1CC1. The Morgan fingerprint density at radius 1 is 1.06 bits per heavy atom. The predicted octanol–water partition coefficient (Wildman–Crippen LogP) is 4.13. The van der Waals surface area contributed by atoms with Crippen molar-refractivity contribution in [3.05, 3.63) is 0 Å². The summed E-state index contributed by atoms with van der Waals surface area (Å²) in [4.78, 5) is 0. The lowest BCUT2D eigenvalue weighted by Gasteiger charge is -2.20. The molecule has 0 aromatic carbocycles. The molecule has 2 fully saturated rings. The number of hydrogen-bond donors (Lipinski definition) is 1. The van der Waals surface area contributed by atoms with Gasteiger partial charge in [-0.15, -0.1) is 0 Å². The van der Waals surface area contributed by atoms with Crippen LogP contribution in [0.25, 0.3) is 0 Å². The van der Waals surface area contributed by atoms with E-state index in [1.165, 1.54) is 70.8 Å². The van der Waals surface area contributed by atoms with E-state index >= 15 is 0 Å². The Labute approximate surface area is 101 Å². The second-order valence-corrected chi connectivity index (χ2v) is 6.06. The molecule has 1 nitrogen and oxygen atoms in total. The van der Waals surface area contributed by atoms with Crippen molar-refractivity contribution in [2.45, 2.75) is 77.2 Å². The van der Waals surface area contributed by atoms with Crippen LogP contribution in [0.15, 0.2) is 0 Å². The summed E-state index contributed by atoms with van der Waals surface area (Å²) in [6.07, 6.45) is 14.7. The van der Waals surface area contributed by atoms with Crippen LogP contribution in [0.1, 0.15) is 71.1 Å². The molecule has 2 aliphatic rings. The summed E-state index contributed by atoms with van der Waals surface area (Å²) >= 11 is 0. The summed E-state index contributed by atoms with van der Waals surface area (Å²) < 4.78 is 0. The second-order valence-electron chi connectivity index (χ2n) is 6.06. The van der Waals surface area contributed by atoms with Crippen LogP contribution in [-0.4, -0.2) is 12.6 Å². The Hall–Kier alpha value is -0.0400. The molecule has 2 saturated carbocycles. The minimum absolute atomic E-state index is 0.841. The van der Waals surface area contributed by atoms with Crippen molar-refractivity contribution >= 4 is 0 Å². The first-order chi connectivity index (χ1) is 7.88. The van der Waals surface area contributed by atoms with Gasteiger partial charge in [0.2, 0.25) is 0 Å². The van der Waals surface area contributed by atoms with E-state index in [4.69, 9.17) is 0 Å². The molecule has 0 radical (unpaired) electrons. The quantitative estimate of drug-likeness (QED) is 0.652. The van der Waals surface area contributed by atoms with Crippen LogP contribution in [0.3, 0.4) is 0 Å². The average molecular weight is 223 g/mol. The zero-order valence-corrected chi connectivity index (χ0v) is 11.0. The number of hydrogen-bond acceptors (Lipinski definition) is 1. The maximum absolute atomic E-state index is 3.76. The maximum Gasteiger partial charge on any atom is 0.00698 e. The summed E-state index contributed by atoms with van der Waals surface area (Å²) in [5.74, 6) is 2.16. The average Bonchev–Trinajstić information content (AvgIpc) is 2.95. The smallest absolute Gasteiger partial charge is 0.00698 e. The molecule has 1 unspecified atom stereocenters. The third-order valence-corrected chi connectivity index (χ3v) is 4.40. The van der Waals surface area contributed by atoms with Crippen molar-refractivity contribution in [1.29, 1.82) is 0 Å². The molecule has 0 spiro atoms. The van der Waals surface area contributed by atoms with E-state index in [0.29, 0.717) is 0 Å². The molecule has 0 heterocycles. The summed E-state index contributed by atoms with van der Waals surface area (Å²) in [6.45, 7) is 3.50. The molecule has 1 N–H and O–H groups in total. The molecule has 16 heavy (non-hydrogen) atoms. The highest BCUT2D eigenvalue weighted by atomic mass is 14.9. The van der Waals surface area contributed by atoms with Gasteiger partial charge in [-0.3, -0.25) is 0 Å². The Kier molecular flexibility index (Phi) is 5.15. The first-order valence-corrected chi connectivity index (χ1v) is 7.62. The van der Waals surface area contributed by atoms with Gasteiger partial charge in [-0.25, -0.2) is 0 Å². The van der Waals surface area contributed by atoms with Crippen LogP contribution in [0.2, 0.25) is 0 Å². The van der Waals surface area contributed by atoms with Gasteiger partial charge in [0.25, 0.3) is 0 Å². The van der Waals surface area contributed by atoms with Crippen molar-refractivity contribution in [2.24, 2.45) is 11.8 Å². The van der Waals surface area contributed by atoms with Gasteiger partial charge in [-0.1, -0.05) is 45.4 Å². The first kappa shape index (κ1) is 12.4. The molecular weight excluding hydrogens is 194 g/mol. The van der Waals surface area contributed by atoms with E-state index in [9.17, 15) is 0 Å². The van der Waals surface area contributed by atoms with Crippen LogP contribution in [0.4, 0.5) is 0 Å². The van der Waals surface area contributed by atoms with Crippen molar-refractivity contribution in [2.75, 3.05) is 6.54 Å². The summed E-state index contributed by atoms with van der Waals surface area (Å²) in [5, 5.41) is 3.76. The van der Waals surface area contributed by atoms with E-state index < -0.39 is 0 Å². The van der Waals surface area contributed by atoms with Crippen molar-refractivity contribution < 1.29 is 0 Å². The minimum atomic E-state index is 0.841. The molecule has 1 atom stereocenters. The summed E-state index contributed by atoms with van der Waals surface area (Å²) in [7, 11) is 0. The molecule has 0 bridgehead atoms. The zero-order valence-electron chi connectivity index (χ0n) is 11.0. The van der Waals surface area contributed by atoms with Gasteiger partial charge >= 0.3 is 0 Å². The van der Waals surface area contributed by atoms with Crippen molar-refractivity contribution in [1.82, 2.24) is 5.32 Å². The Morgan fingerprint density at radius 3 is 2.44 bits per heavy atom. The molecule has 2 rings (SSSR count). The molecule has 0 saturated heterocycles. The fourth-order valence-electron chi connectivity index (χ4n) is 3.14. The van der Waals surface area contributed by atoms with E-state index in [2.05, 4.69) is 12.2 Å². The fraction of sp³-hybridized carbons (Fsp3) is 1.00. The topological polar surface area (TPSA) is 12.0 Å². The van der Waals surface area contributed by atoms with E-state index in [-0.39, 0.29) is 0 Å². The molecular formula is C15H29N. The van der Waals surface area contributed by atoms with Crippen molar-refractivity contribution in [3.8, 4) is 0 Å². The van der Waals surface area contributed by atoms with Gasteiger partial charge in [-0.05, 0) is 44.1 Å². The lowest BCUT2D eigenvalue weighted by molar-refractivity contribution is 0.378. The van der Waals surface area contributed by atoms with Gasteiger partial charge < -0.3 is 5.32 Å². The molecule has 0 aromatic heterocycles. The predicted molar refractivity (Wildman–Crippen MR) is 70.6 cm³/mol. The fourth-order valence-corrected chi connectivity index (χ4v) is 3.14. The van der Waals surface area contributed by atoms with Crippen molar-refractivity contribution in [3.63, 3.8) is 0 Å². The third kappa shape index (κ3) is 4.45. The van der Waals surface area contributed by atoms with Gasteiger partial charge in [0.1, 0.15) is 0 Å². The van der Waals surface area contributed by atoms with E-state index in [0.717, 1.165) is 17.9 Å². The van der Waals surface area contributed by atoms with Crippen LogP contribution in [0, 0.1) is 11.8 Å². The highest BCUT2D eigenvalue weighted by Gasteiger charge is 2.25. The molecule has 0 amide bonds. The van der Waals surface area contributed by atoms with Crippen LogP contribution >= 0.6 is 0 Å². The standard InChI is InChI=1S/C15H29N/c1-2-11-16-15(12-14-7-8-14)10-9-13-5-3-4-6-13/h13-16H,2-12H2,1H3. The molecule has 2 aliphatic carbocycles. The second kappa shape index (κ2) is 6.64. The largest absolute Gasteiger partial charge is 0.314 e. The monoisotopic (exact) mass is 223 g/mol. The van der Waals surface area contributed by atoms with Gasteiger partial charge in [-0.2, -0.15) is 0 Å². The highest BCUT2D eigenvalue weighted by molar-refractivity contribution is 4.81. The normalized spacial score (nSPS) is 23.8. The molecule has 0 aromatic rings. The summed E-state index contributed by atoms with van der Waals surface area (Å²) in [5.41, 5.74) is 0. The van der Waals surface area contributed by atoms with E-state index in [1.54, 1.807) is 0 Å². The van der Waals surface area contributed by atoms with Gasteiger partial charge in [0, 0.05) is 6.04 Å². The Morgan fingerprint density at radius 2 is 1.81 bits per heavy atom. The summed E-state index contributed by atoms with van der Waals surface area (Å²) in [6, 6.07) is 0.841. The maximum atomic E-state index is 3.76. The number of nitrogens with one attached hydrogen (secondary N) is 1. The number of rotatable bonds is 8. The molecule has 1 heteroatoms. The Balaban J connectivity index is 1.63. The highest BCUT2D eigenvalue weighted by Crippen LogP contribution is 2.35. The van der Waals surface area contributed by atoms with Gasteiger partial charge in [0.05, 0.1) is 0 Å². The zero-order chi connectivity index (χ0) is 11.2. The lowest BCUT2D eigenvalue weighted by Crippen LogP contribution is -2.30. The molecule has 94 valence electrons. The first-order valence-electron chi connectivity index (χ1n) is 7.62. The van der Waals surface area contributed by atoms with Crippen LogP contribution in [0.5, 0.6) is 0 Å². The van der Waals surface area contributed by atoms with Crippen LogP contribution in [-0.2, 0) is 0 Å². The van der Waals surface area contributed by atoms with Crippen LogP contribution < -0.4 is 5.32 Å². The lowest BCUT2D eigenvalue weighted by atomic mass is 9.96. The third-order valence-electron chi connectivity index (χ3n) is 4.40. The Bertz CT molecular complexity index is 180. The van der Waals surface area contributed by atoms with Gasteiger partial charge in [0.15, 0.2) is 0 Å². The minimum Gasteiger partial charge on any atom is -0.314 e. The van der Waals surface area contributed by atoms with E-state index in [1.807, 2.05) is 0 Å². The molecule has 0 aliphatic heterocycles.